The number of hydrogen-bond donors (Lipinski definition) is 1. The first-order valence-electron chi connectivity index (χ1n) is 3.34. The Labute approximate surface area is 84.1 Å². The van der Waals surface area contributed by atoms with Crippen molar-refractivity contribution in [2.24, 2.45) is 0 Å². The summed E-state index contributed by atoms with van der Waals surface area (Å²) in [6.45, 7) is 0. The average molecular weight is 277 g/mol. The number of amides is 1. The molecule has 0 saturated carbocycles. The Balaban J connectivity index is 3.02. The summed E-state index contributed by atoms with van der Waals surface area (Å²) >= 11 is 2.10. The Bertz CT molecular complexity index is 301. The topological polar surface area (TPSA) is 40.5 Å². The Morgan fingerprint density at radius 1 is 1.50 bits per heavy atom. The van der Waals surface area contributed by atoms with E-state index in [2.05, 4.69) is 22.6 Å². The molecule has 1 amide bonds. The number of anilines is 1. The van der Waals surface area contributed by atoms with E-state index in [1.54, 1.807) is 6.07 Å². The molecule has 0 heterocycles. The smallest absolute Gasteiger partial charge is 0.411 e. The van der Waals surface area contributed by atoms with E-state index in [9.17, 15) is 4.79 Å². The second-order valence-electron chi connectivity index (χ2n) is 2.29. The average Bonchev–Trinajstić information content (AvgIpc) is 2.04. The molecule has 0 radical (unpaired) electrons. The van der Waals surface area contributed by atoms with Crippen LogP contribution in [0.1, 0.15) is 0 Å². The summed E-state index contributed by atoms with van der Waals surface area (Å²) in [7, 11) is 1.53. The third-order valence-corrected chi connectivity index (χ3v) is 2.41. The van der Waals surface area contributed by atoms with E-state index in [1.165, 1.54) is 11.9 Å². The molecule has 1 aromatic carbocycles. The maximum Gasteiger partial charge on any atom is 0.411 e. The lowest BCUT2D eigenvalue weighted by atomic mass is 10.3. The van der Waals surface area contributed by atoms with Crippen molar-refractivity contribution < 1.29 is 9.90 Å². The lowest BCUT2D eigenvalue weighted by molar-refractivity contribution is 0.203. The molecule has 0 aliphatic rings. The highest BCUT2D eigenvalue weighted by Gasteiger charge is 2.09. The van der Waals surface area contributed by atoms with E-state index in [0.29, 0.717) is 5.69 Å². The van der Waals surface area contributed by atoms with Gasteiger partial charge in [0.2, 0.25) is 0 Å². The van der Waals surface area contributed by atoms with Gasteiger partial charge in [-0.05, 0) is 34.7 Å². The third kappa shape index (κ3) is 1.88. The molecule has 1 aromatic rings. The van der Waals surface area contributed by atoms with Crippen molar-refractivity contribution in [2.45, 2.75) is 0 Å². The predicted molar refractivity (Wildman–Crippen MR) is 55.6 cm³/mol. The first kappa shape index (κ1) is 9.31. The van der Waals surface area contributed by atoms with E-state index in [-0.39, 0.29) is 0 Å². The van der Waals surface area contributed by atoms with Crippen LogP contribution in [0.3, 0.4) is 0 Å². The molecule has 12 heavy (non-hydrogen) atoms. The van der Waals surface area contributed by atoms with Crippen molar-refractivity contribution in [3.05, 3.63) is 27.8 Å². The van der Waals surface area contributed by atoms with Gasteiger partial charge in [0.1, 0.15) is 0 Å². The van der Waals surface area contributed by atoms with Crippen LogP contribution in [0.4, 0.5) is 10.5 Å². The molecule has 0 bridgehead atoms. The predicted octanol–water partition coefficient (Wildman–Crippen LogP) is 2.41. The minimum atomic E-state index is -0.945. The molecule has 0 spiro atoms. The highest BCUT2D eigenvalue weighted by atomic mass is 127. The van der Waals surface area contributed by atoms with Crippen molar-refractivity contribution >= 4 is 34.4 Å². The molecule has 3 nitrogen and oxygen atoms in total. The molecule has 0 atom stereocenters. The SMILES string of the molecule is CN(C(=O)O)c1ccccc1I. The lowest BCUT2D eigenvalue weighted by Gasteiger charge is -2.14. The number of hydrogen-bond acceptors (Lipinski definition) is 1. The molecule has 0 saturated heterocycles. The highest BCUT2D eigenvalue weighted by molar-refractivity contribution is 14.1. The molecule has 0 unspecified atom stereocenters. The molecular formula is C8H8INO2. The van der Waals surface area contributed by atoms with E-state index in [1.807, 2.05) is 18.2 Å². The Morgan fingerprint density at radius 3 is 2.58 bits per heavy atom. The zero-order valence-electron chi connectivity index (χ0n) is 6.49. The quantitative estimate of drug-likeness (QED) is 0.801. The van der Waals surface area contributed by atoms with Gasteiger partial charge in [0, 0.05) is 10.6 Å². The summed E-state index contributed by atoms with van der Waals surface area (Å²) < 4.78 is 0.931. The van der Waals surface area contributed by atoms with Crippen LogP contribution in [0, 0.1) is 3.57 Å². The fourth-order valence-electron chi connectivity index (χ4n) is 0.827. The van der Waals surface area contributed by atoms with Crippen LogP contribution in [-0.4, -0.2) is 18.2 Å². The molecule has 0 fully saturated rings. The second-order valence-corrected chi connectivity index (χ2v) is 3.46. The van der Waals surface area contributed by atoms with Crippen molar-refractivity contribution in [3.8, 4) is 0 Å². The summed E-state index contributed by atoms with van der Waals surface area (Å²) in [5.74, 6) is 0. The fraction of sp³-hybridized carbons (Fsp3) is 0.125. The van der Waals surface area contributed by atoms with Gasteiger partial charge >= 0.3 is 6.09 Å². The number of benzene rings is 1. The maximum atomic E-state index is 10.6. The van der Waals surface area contributed by atoms with E-state index >= 15 is 0 Å². The van der Waals surface area contributed by atoms with Gasteiger partial charge < -0.3 is 5.11 Å². The normalized spacial score (nSPS) is 9.50. The van der Waals surface area contributed by atoms with Crippen molar-refractivity contribution in [2.75, 3.05) is 11.9 Å². The van der Waals surface area contributed by atoms with Crippen molar-refractivity contribution in [1.82, 2.24) is 0 Å². The van der Waals surface area contributed by atoms with Gasteiger partial charge in [-0.1, -0.05) is 12.1 Å². The van der Waals surface area contributed by atoms with Gasteiger partial charge in [-0.3, -0.25) is 4.90 Å². The molecular weight excluding hydrogens is 269 g/mol. The van der Waals surface area contributed by atoms with Crippen LogP contribution in [0.15, 0.2) is 24.3 Å². The molecule has 1 N–H and O–H groups in total. The largest absolute Gasteiger partial charge is 0.465 e. The first-order valence-corrected chi connectivity index (χ1v) is 4.42. The zero-order valence-corrected chi connectivity index (χ0v) is 8.65. The van der Waals surface area contributed by atoms with Crippen molar-refractivity contribution in [1.29, 1.82) is 0 Å². The van der Waals surface area contributed by atoms with Gasteiger partial charge in [-0.2, -0.15) is 0 Å². The molecule has 1 rings (SSSR count). The molecule has 0 aromatic heterocycles. The van der Waals surface area contributed by atoms with E-state index in [4.69, 9.17) is 5.11 Å². The zero-order chi connectivity index (χ0) is 9.14. The van der Waals surface area contributed by atoms with Crippen LogP contribution in [0.2, 0.25) is 0 Å². The molecule has 0 aliphatic carbocycles. The number of carbonyl (C=O) groups is 1. The summed E-state index contributed by atoms with van der Waals surface area (Å²) in [4.78, 5) is 11.8. The molecule has 64 valence electrons. The minimum Gasteiger partial charge on any atom is -0.465 e. The number of rotatable bonds is 1. The highest BCUT2D eigenvalue weighted by Crippen LogP contribution is 2.20. The maximum absolute atomic E-state index is 10.6. The van der Waals surface area contributed by atoms with Crippen LogP contribution in [0.5, 0.6) is 0 Å². The number of nitrogens with zero attached hydrogens (tertiary/aromatic N) is 1. The molecule has 4 heteroatoms. The number of halogens is 1. The van der Waals surface area contributed by atoms with Gasteiger partial charge in [0.05, 0.1) is 5.69 Å². The van der Waals surface area contributed by atoms with Gasteiger partial charge in [-0.25, -0.2) is 4.79 Å². The second kappa shape index (κ2) is 3.75. The van der Waals surface area contributed by atoms with Crippen LogP contribution in [-0.2, 0) is 0 Å². The number of para-hydroxylation sites is 1. The third-order valence-electron chi connectivity index (χ3n) is 1.50. The Kier molecular flexibility index (Phi) is 2.91. The van der Waals surface area contributed by atoms with Crippen molar-refractivity contribution in [3.63, 3.8) is 0 Å². The Hall–Kier alpha value is -0.780. The van der Waals surface area contributed by atoms with Crippen LogP contribution >= 0.6 is 22.6 Å². The summed E-state index contributed by atoms with van der Waals surface area (Å²) in [5.41, 5.74) is 0.714. The summed E-state index contributed by atoms with van der Waals surface area (Å²) in [6.07, 6.45) is -0.945. The summed E-state index contributed by atoms with van der Waals surface area (Å²) in [6, 6.07) is 7.34. The van der Waals surface area contributed by atoms with E-state index in [0.717, 1.165) is 3.57 Å². The van der Waals surface area contributed by atoms with Crippen LogP contribution in [0.25, 0.3) is 0 Å². The first-order chi connectivity index (χ1) is 5.63. The molecule has 0 aliphatic heterocycles. The monoisotopic (exact) mass is 277 g/mol. The lowest BCUT2D eigenvalue weighted by Crippen LogP contribution is -2.24. The van der Waals surface area contributed by atoms with Gasteiger partial charge in [0.15, 0.2) is 0 Å². The fourth-order valence-corrected chi connectivity index (χ4v) is 1.58. The van der Waals surface area contributed by atoms with Gasteiger partial charge in [0.25, 0.3) is 0 Å². The minimum absolute atomic E-state index is 0.714. The van der Waals surface area contributed by atoms with Crippen LogP contribution < -0.4 is 4.90 Å². The summed E-state index contributed by atoms with van der Waals surface area (Å²) in [5, 5.41) is 8.68. The Morgan fingerprint density at radius 2 is 2.08 bits per heavy atom. The standard InChI is InChI=1S/C8H8INO2/c1-10(8(11)12)7-5-3-2-4-6(7)9/h2-5H,1H3,(H,11,12). The number of carboxylic acid groups (broad SMARTS) is 1. The van der Waals surface area contributed by atoms with E-state index < -0.39 is 6.09 Å². The van der Waals surface area contributed by atoms with Gasteiger partial charge in [-0.15, -0.1) is 0 Å².